The number of aliphatic hydroxyl groups excluding tert-OH is 1. The average molecular weight is 449 g/mol. The highest BCUT2D eigenvalue weighted by atomic mass is 16.5. The second kappa shape index (κ2) is 9.12. The van der Waals surface area contributed by atoms with Gasteiger partial charge in [0.1, 0.15) is 17.3 Å². The summed E-state index contributed by atoms with van der Waals surface area (Å²) in [6.07, 6.45) is 1.49. The molecule has 0 saturated carbocycles. The molecule has 0 radical (unpaired) electrons. The average Bonchev–Trinajstić information content (AvgIpc) is 3.45. The van der Waals surface area contributed by atoms with E-state index in [4.69, 9.17) is 18.6 Å². The number of carbonyl (C=O) groups is 2. The summed E-state index contributed by atoms with van der Waals surface area (Å²) in [5, 5.41) is 11.2. The molecule has 0 spiro atoms. The monoisotopic (exact) mass is 449 g/mol. The van der Waals surface area contributed by atoms with Crippen molar-refractivity contribution < 1.29 is 33.3 Å². The van der Waals surface area contributed by atoms with E-state index in [2.05, 4.69) is 0 Å². The first-order valence-electron chi connectivity index (χ1n) is 10.2. The Balaban J connectivity index is 1.90. The summed E-state index contributed by atoms with van der Waals surface area (Å²) in [7, 11) is 4.52. The second-order valence-electron chi connectivity index (χ2n) is 7.35. The Bertz CT molecular complexity index is 1210. The Kier molecular flexibility index (Phi) is 6.08. The number of Topliss-reactive ketones (excluding diaryl/α,β-unsaturated/α-hetero) is 1. The molecule has 0 bridgehead atoms. The number of ketones is 1. The van der Waals surface area contributed by atoms with Gasteiger partial charge in [-0.15, -0.1) is 0 Å². The summed E-state index contributed by atoms with van der Waals surface area (Å²) < 4.78 is 21.4. The Morgan fingerprint density at radius 2 is 1.76 bits per heavy atom. The fourth-order valence-electron chi connectivity index (χ4n) is 3.91. The Morgan fingerprint density at radius 3 is 2.42 bits per heavy atom. The normalized spacial score (nSPS) is 17.3. The van der Waals surface area contributed by atoms with E-state index in [1.165, 1.54) is 32.5 Å². The van der Waals surface area contributed by atoms with E-state index in [9.17, 15) is 14.7 Å². The van der Waals surface area contributed by atoms with Crippen LogP contribution in [0.3, 0.4) is 0 Å². The van der Waals surface area contributed by atoms with Crippen LogP contribution in [0.1, 0.15) is 22.9 Å². The molecule has 1 aliphatic heterocycles. The van der Waals surface area contributed by atoms with Crippen molar-refractivity contribution in [2.75, 3.05) is 21.3 Å². The Hall–Kier alpha value is -4.20. The first kappa shape index (κ1) is 22.0. The predicted molar refractivity (Wildman–Crippen MR) is 119 cm³/mol. The number of rotatable bonds is 7. The lowest BCUT2D eigenvalue weighted by molar-refractivity contribution is -0.140. The van der Waals surface area contributed by atoms with E-state index in [0.29, 0.717) is 34.1 Å². The Morgan fingerprint density at radius 1 is 0.970 bits per heavy atom. The van der Waals surface area contributed by atoms with Gasteiger partial charge >= 0.3 is 0 Å². The first-order valence-corrected chi connectivity index (χ1v) is 10.2. The van der Waals surface area contributed by atoms with Crippen LogP contribution in [0.25, 0.3) is 5.76 Å². The minimum atomic E-state index is -0.874. The number of ether oxygens (including phenoxy) is 3. The smallest absolute Gasteiger partial charge is 0.296 e. The molecule has 1 unspecified atom stereocenters. The van der Waals surface area contributed by atoms with Crippen LogP contribution in [0.2, 0.25) is 0 Å². The van der Waals surface area contributed by atoms with Crippen molar-refractivity contribution in [1.29, 1.82) is 0 Å². The SMILES string of the molecule is COc1cccc(/C(O)=C2\C(=O)C(=O)N(Cc3ccco3)C2c2ccc(OC)c(OC)c2)c1. The van der Waals surface area contributed by atoms with Gasteiger partial charge in [-0.25, -0.2) is 0 Å². The van der Waals surface area contributed by atoms with Crippen molar-refractivity contribution in [3.8, 4) is 17.2 Å². The number of amides is 1. The molecule has 8 heteroatoms. The molecule has 1 atom stereocenters. The zero-order valence-corrected chi connectivity index (χ0v) is 18.4. The molecule has 1 saturated heterocycles. The highest BCUT2D eigenvalue weighted by Gasteiger charge is 2.46. The van der Waals surface area contributed by atoms with E-state index in [0.717, 1.165) is 0 Å². The van der Waals surface area contributed by atoms with Crippen LogP contribution < -0.4 is 14.2 Å². The van der Waals surface area contributed by atoms with E-state index in [-0.39, 0.29) is 17.9 Å². The van der Waals surface area contributed by atoms with Crippen LogP contribution in [0, 0.1) is 0 Å². The maximum absolute atomic E-state index is 13.1. The molecule has 1 aliphatic rings. The van der Waals surface area contributed by atoms with Gasteiger partial charge in [-0.2, -0.15) is 0 Å². The molecular formula is C25H23NO7. The topological polar surface area (TPSA) is 98.4 Å². The summed E-state index contributed by atoms with van der Waals surface area (Å²) in [6.45, 7) is 0.0471. The largest absolute Gasteiger partial charge is 0.507 e. The lowest BCUT2D eigenvalue weighted by atomic mass is 9.95. The van der Waals surface area contributed by atoms with Crippen LogP contribution in [0.15, 0.2) is 70.9 Å². The zero-order valence-electron chi connectivity index (χ0n) is 18.4. The van der Waals surface area contributed by atoms with Crippen LogP contribution >= 0.6 is 0 Å². The van der Waals surface area contributed by atoms with E-state index >= 15 is 0 Å². The van der Waals surface area contributed by atoms with Crippen LogP contribution in [-0.4, -0.2) is 43.0 Å². The van der Waals surface area contributed by atoms with Crippen molar-refractivity contribution in [2.24, 2.45) is 0 Å². The van der Waals surface area contributed by atoms with Crippen LogP contribution in [0.5, 0.6) is 17.2 Å². The number of nitrogens with zero attached hydrogens (tertiary/aromatic N) is 1. The van der Waals surface area contributed by atoms with Crippen LogP contribution in [-0.2, 0) is 16.1 Å². The number of aliphatic hydroxyl groups is 1. The molecule has 1 N–H and O–H groups in total. The third-order valence-electron chi connectivity index (χ3n) is 5.51. The van der Waals surface area contributed by atoms with E-state index in [1.54, 1.807) is 54.6 Å². The highest BCUT2D eigenvalue weighted by molar-refractivity contribution is 6.46. The molecule has 4 rings (SSSR count). The van der Waals surface area contributed by atoms with Gasteiger partial charge in [-0.05, 0) is 42.0 Å². The van der Waals surface area contributed by atoms with Crippen molar-refractivity contribution >= 4 is 17.4 Å². The zero-order chi connectivity index (χ0) is 23.5. The lowest BCUT2D eigenvalue weighted by Crippen LogP contribution is -2.29. The molecule has 170 valence electrons. The second-order valence-corrected chi connectivity index (χ2v) is 7.35. The standard InChI is InChI=1S/C25H23NO7/c1-30-17-7-4-6-16(12-17)23(27)21-22(15-9-10-19(31-2)20(13-15)32-3)26(25(29)24(21)28)14-18-8-5-11-33-18/h4-13,22,27H,14H2,1-3H3/b23-21+. The first-order chi connectivity index (χ1) is 16.0. The Labute approximate surface area is 190 Å². The quantitative estimate of drug-likeness (QED) is 0.332. The number of carbonyl (C=O) groups excluding carboxylic acids is 2. The maximum atomic E-state index is 13.1. The molecular weight excluding hydrogens is 426 g/mol. The third kappa shape index (κ3) is 4.03. The molecule has 2 aromatic carbocycles. The number of furan rings is 1. The maximum Gasteiger partial charge on any atom is 0.296 e. The summed E-state index contributed by atoms with van der Waals surface area (Å²) in [5.41, 5.74) is 0.894. The van der Waals surface area contributed by atoms with Gasteiger partial charge in [0, 0.05) is 5.56 Å². The minimum absolute atomic E-state index is 0.0352. The minimum Gasteiger partial charge on any atom is -0.507 e. The van der Waals surface area contributed by atoms with E-state index < -0.39 is 17.7 Å². The predicted octanol–water partition coefficient (Wildman–Crippen LogP) is 3.93. The fraction of sp³-hybridized carbons (Fsp3) is 0.200. The molecule has 1 fully saturated rings. The van der Waals surface area contributed by atoms with Crippen molar-refractivity contribution in [1.82, 2.24) is 4.90 Å². The fourth-order valence-corrected chi connectivity index (χ4v) is 3.91. The summed E-state index contributed by atoms with van der Waals surface area (Å²) in [5.74, 6) is 0.110. The molecule has 0 aliphatic carbocycles. The summed E-state index contributed by atoms with van der Waals surface area (Å²) >= 11 is 0. The lowest BCUT2D eigenvalue weighted by Gasteiger charge is -2.25. The molecule has 3 aromatic rings. The molecule has 2 heterocycles. The molecule has 33 heavy (non-hydrogen) atoms. The molecule has 8 nitrogen and oxygen atoms in total. The van der Waals surface area contributed by atoms with Gasteiger partial charge in [0.2, 0.25) is 0 Å². The van der Waals surface area contributed by atoms with Gasteiger partial charge in [-0.1, -0.05) is 18.2 Å². The number of benzene rings is 2. The van der Waals surface area contributed by atoms with Gasteiger partial charge in [-0.3, -0.25) is 9.59 Å². The number of hydrogen-bond donors (Lipinski definition) is 1. The molecule has 1 amide bonds. The number of methoxy groups -OCH3 is 3. The van der Waals surface area contributed by atoms with Gasteiger partial charge in [0.05, 0.1) is 45.8 Å². The highest BCUT2D eigenvalue weighted by Crippen LogP contribution is 2.42. The van der Waals surface area contributed by atoms with Crippen molar-refractivity contribution in [2.45, 2.75) is 12.6 Å². The van der Waals surface area contributed by atoms with Crippen molar-refractivity contribution in [3.05, 3.63) is 83.3 Å². The van der Waals surface area contributed by atoms with E-state index in [1.807, 2.05) is 0 Å². The molecule has 1 aromatic heterocycles. The van der Waals surface area contributed by atoms with Gasteiger partial charge in [0.25, 0.3) is 11.7 Å². The van der Waals surface area contributed by atoms with Crippen molar-refractivity contribution in [3.63, 3.8) is 0 Å². The van der Waals surface area contributed by atoms with Crippen LogP contribution in [0.4, 0.5) is 0 Å². The third-order valence-corrected chi connectivity index (χ3v) is 5.51. The van der Waals surface area contributed by atoms with Gasteiger partial charge < -0.3 is 28.6 Å². The van der Waals surface area contributed by atoms with Gasteiger partial charge in [0.15, 0.2) is 11.5 Å². The number of likely N-dealkylation sites (tertiary alicyclic amines) is 1. The summed E-state index contributed by atoms with van der Waals surface area (Å²) in [4.78, 5) is 27.6. The summed E-state index contributed by atoms with van der Waals surface area (Å²) in [6, 6.07) is 14.3. The number of hydrogen-bond acceptors (Lipinski definition) is 7.